The summed E-state index contributed by atoms with van der Waals surface area (Å²) in [6.45, 7) is 2.61. The maximum atomic E-state index is 11.1. The van der Waals surface area contributed by atoms with Gasteiger partial charge >= 0.3 is 5.97 Å². The van der Waals surface area contributed by atoms with E-state index in [-0.39, 0.29) is 0 Å². The molecule has 1 aromatic rings. The summed E-state index contributed by atoms with van der Waals surface area (Å²) in [5, 5.41) is 9.15. The number of carbonyl (C=O) groups is 1. The lowest BCUT2D eigenvalue weighted by molar-refractivity contribution is -0.0225. The second-order valence-electron chi connectivity index (χ2n) is 5.26. The maximum Gasteiger partial charge on any atom is 0.336 e. The molecule has 0 aromatic heterocycles. The number of benzene rings is 1. The minimum atomic E-state index is -0.880. The third-order valence-corrected chi connectivity index (χ3v) is 4.06. The van der Waals surface area contributed by atoms with E-state index >= 15 is 0 Å². The fourth-order valence-electron chi connectivity index (χ4n) is 2.91. The van der Waals surface area contributed by atoms with Crippen LogP contribution in [0, 0.1) is 5.92 Å². The van der Waals surface area contributed by atoms with Gasteiger partial charge in [0.15, 0.2) is 0 Å². The zero-order chi connectivity index (χ0) is 13.7. The first-order valence-electron chi connectivity index (χ1n) is 7.15. The number of ether oxygens (including phenoxy) is 1. The van der Waals surface area contributed by atoms with Crippen LogP contribution in [0.2, 0.25) is 0 Å². The van der Waals surface area contributed by atoms with Crippen LogP contribution in [0.15, 0.2) is 24.3 Å². The van der Waals surface area contributed by atoms with Crippen molar-refractivity contribution in [2.45, 2.75) is 51.7 Å². The van der Waals surface area contributed by atoms with Crippen LogP contribution in [-0.2, 0) is 11.3 Å². The Morgan fingerprint density at radius 1 is 1.32 bits per heavy atom. The highest BCUT2D eigenvalue weighted by Gasteiger charge is 2.24. The summed E-state index contributed by atoms with van der Waals surface area (Å²) in [6.07, 6.45) is 6.30. The number of rotatable bonds is 5. The Kier molecular flexibility index (Phi) is 4.97. The predicted molar refractivity (Wildman–Crippen MR) is 74.2 cm³/mol. The summed E-state index contributed by atoms with van der Waals surface area (Å²) in [7, 11) is 0. The first-order valence-corrected chi connectivity index (χ1v) is 7.15. The molecule has 0 heterocycles. The second kappa shape index (κ2) is 6.71. The minimum Gasteiger partial charge on any atom is -0.478 e. The van der Waals surface area contributed by atoms with Gasteiger partial charge in [-0.05, 0) is 30.4 Å². The van der Waals surface area contributed by atoms with Crippen LogP contribution in [0.25, 0.3) is 0 Å². The van der Waals surface area contributed by atoms with Crippen LogP contribution in [0.3, 0.4) is 0 Å². The van der Waals surface area contributed by atoms with Gasteiger partial charge in [0.05, 0.1) is 18.3 Å². The second-order valence-corrected chi connectivity index (χ2v) is 5.26. The molecule has 2 rings (SSSR count). The van der Waals surface area contributed by atoms with E-state index in [0.717, 1.165) is 18.4 Å². The molecule has 3 heteroatoms. The fourth-order valence-corrected chi connectivity index (χ4v) is 2.91. The van der Waals surface area contributed by atoms with Gasteiger partial charge in [-0.25, -0.2) is 4.79 Å². The summed E-state index contributed by atoms with van der Waals surface area (Å²) in [4.78, 5) is 11.1. The molecule has 0 radical (unpaired) electrons. The monoisotopic (exact) mass is 262 g/mol. The molecule has 104 valence electrons. The molecule has 1 aliphatic carbocycles. The van der Waals surface area contributed by atoms with E-state index in [9.17, 15) is 4.79 Å². The van der Waals surface area contributed by atoms with Crippen LogP contribution < -0.4 is 0 Å². The predicted octanol–water partition coefficient (Wildman–Crippen LogP) is 3.87. The van der Waals surface area contributed by atoms with E-state index in [1.54, 1.807) is 12.1 Å². The molecule has 3 nitrogen and oxygen atoms in total. The van der Waals surface area contributed by atoms with E-state index in [2.05, 4.69) is 6.92 Å². The Morgan fingerprint density at radius 3 is 2.79 bits per heavy atom. The van der Waals surface area contributed by atoms with E-state index in [4.69, 9.17) is 9.84 Å². The number of carboxylic acids is 1. The zero-order valence-electron chi connectivity index (χ0n) is 11.5. The van der Waals surface area contributed by atoms with Crippen molar-refractivity contribution in [1.82, 2.24) is 0 Å². The number of aromatic carboxylic acids is 1. The molecular formula is C16H22O3. The molecule has 0 bridgehead atoms. The van der Waals surface area contributed by atoms with Crippen molar-refractivity contribution in [3.05, 3.63) is 35.4 Å². The first kappa shape index (κ1) is 14.1. The highest BCUT2D eigenvalue weighted by atomic mass is 16.5. The van der Waals surface area contributed by atoms with Crippen molar-refractivity contribution in [3.63, 3.8) is 0 Å². The average molecular weight is 262 g/mol. The SMILES string of the molecule is CCC1CCCCC1OCc1ccccc1C(=O)O. The largest absolute Gasteiger partial charge is 0.478 e. The van der Waals surface area contributed by atoms with Gasteiger partial charge in [0.2, 0.25) is 0 Å². The minimum absolute atomic E-state index is 0.292. The smallest absolute Gasteiger partial charge is 0.336 e. The molecule has 2 atom stereocenters. The van der Waals surface area contributed by atoms with Crippen molar-refractivity contribution in [1.29, 1.82) is 0 Å². The fraction of sp³-hybridized carbons (Fsp3) is 0.562. The van der Waals surface area contributed by atoms with E-state index in [0.29, 0.717) is 24.2 Å². The molecule has 19 heavy (non-hydrogen) atoms. The van der Waals surface area contributed by atoms with Gasteiger partial charge < -0.3 is 9.84 Å². The van der Waals surface area contributed by atoms with Gasteiger partial charge in [-0.15, -0.1) is 0 Å². The highest BCUT2D eigenvalue weighted by Crippen LogP contribution is 2.30. The molecule has 0 amide bonds. The van der Waals surface area contributed by atoms with Gasteiger partial charge in [-0.1, -0.05) is 44.4 Å². The maximum absolute atomic E-state index is 11.1. The summed E-state index contributed by atoms with van der Waals surface area (Å²) >= 11 is 0. The van der Waals surface area contributed by atoms with Crippen LogP contribution in [0.4, 0.5) is 0 Å². The molecule has 0 aliphatic heterocycles. The Morgan fingerprint density at radius 2 is 2.05 bits per heavy atom. The molecular weight excluding hydrogens is 240 g/mol. The van der Waals surface area contributed by atoms with E-state index < -0.39 is 5.97 Å². The van der Waals surface area contributed by atoms with Crippen molar-refractivity contribution < 1.29 is 14.6 Å². The molecule has 1 aliphatic rings. The normalized spacial score (nSPS) is 23.2. The summed E-state index contributed by atoms with van der Waals surface area (Å²) in [5.74, 6) is -0.249. The van der Waals surface area contributed by atoms with Gasteiger partial charge in [0, 0.05) is 0 Å². The van der Waals surface area contributed by atoms with E-state index in [1.807, 2.05) is 12.1 Å². The van der Waals surface area contributed by atoms with Crippen molar-refractivity contribution >= 4 is 5.97 Å². The van der Waals surface area contributed by atoms with Gasteiger partial charge in [-0.2, -0.15) is 0 Å². The van der Waals surface area contributed by atoms with Crippen LogP contribution >= 0.6 is 0 Å². The lowest BCUT2D eigenvalue weighted by Crippen LogP contribution is -2.27. The van der Waals surface area contributed by atoms with Gasteiger partial charge in [-0.3, -0.25) is 0 Å². The molecule has 1 N–H and O–H groups in total. The standard InChI is InChI=1S/C16H22O3/c1-2-12-7-4-6-10-15(12)19-11-13-8-3-5-9-14(13)16(17)18/h3,5,8-9,12,15H,2,4,6-7,10-11H2,1H3,(H,17,18). The summed E-state index contributed by atoms with van der Waals surface area (Å²) in [5.41, 5.74) is 1.13. The zero-order valence-corrected chi connectivity index (χ0v) is 11.5. The molecule has 0 saturated heterocycles. The lowest BCUT2D eigenvalue weighted by Gasteiger charge is -2.30. The topological polar surface area (TPSA) is 46.5 Å². The molecule has 2 unspecified atom stereocenters. The van der Waals surface area contributed by atoms with Gasteiger partial charge in [0.1, 0.15) is 0 Å². The van der Waals surface area contributed by atoms with E-state index in [1.165, 1.54) is 19.3 Å². The quantitative estimate of drug-likeness (QED) is 0.876. The van der Waals surface area contributed by atoms with Gasteiger partial charge in [0.25, 0.3) is 0 Å². The number of carboxylic acid groups (broad SMARTS) is 1. The third-order valence-electron chi connectivity index (χ3n) is 4.06. The molecule has 1 aromatic carbocycles. The summed E-state index contributed by atoms with van der Waals surface area (Å²) in [6, 6.07) is 7.10. The van der Waals surface area contributed by atoms with Crippen molar-refractivity contribution in [2.24, 2.45) is 5.92 Å². The average Bonchev–Trinajstić information content (AvgIpc) is 2.45. The van der Waals surface area contributed by atoms with Crippen LogP contribution in [0.5, 0.6) is 0 Å². The Balaban J connectivity index is 2.00. The third kappa shape index (κ3) is 3.57. The molecule has 1 saturated carbocycles. The number of hydrogen-bond acceptors (Lipinski definition) is 2. The van der Waals surface area contributed by atoms with Crippen LogP contribution in [0.1, 0.15) is 54.9 Å². The van der Waals surface area contributed by atoms with Crippen LogP contribution in [-0.4, -0.2) is 17.2 Å². The Bertz CT molecular complexity index is 428. The summed E-state index contributed by atoms with van der Waals surface area (Å²) < 4.78 is 6.00. The Labute approximate surface area is 114 Å². The molecule has 0 spiro atoms. The lowest BCUT2D eigenvalue weighted by atomic mass is 9.85. The van der Waals surface area contributed by atoms with Crippen molar-refractivity contribution in [2.75, 3.05) is 0 Å². The Hall–Kier alpha value is -1.35. The highest BCUT2D eigenvalue weighted by molar-refractivity contribution is 5.89. The first-order chi connectivity index (χ1) is 9.22. The number of hydrogen-bond donors (Lipinski definition) is 1. The van der Waals surface area contributed by atoms with Crippen molar-refractivity contribution in [3.8, 4) is 0 Å². The molecule has 1 fully saturated rings.